The number of amides is 2. The van der Waals surface area contributed by atoms with Gasteiger partial charge in [0.25, 0.3) is 5.91 Å². The van der Waals surface area contributed by atoms with Crippen molar-refractivity contribution in [2.45, 2.75) is 32.6 Å². The van der Waals surface area contributed by atoms with Gasteiger partial charge >= 0.3 is 0 Å². The van der Waals surface area contributed by atoms with Gasteiger partial charge in [0.1, 0.15) is 5.01 Å². The van der Waals surface area contributed by atoms with Gasteiger partial charge in [-0.2, -0.15) is 0 Å². The zero-order chi connectivity index (χ0) is 16.4. The highest BCUT2D eigenvalue weighted by Crippen LogP contribution is 2.30. The van der Waals surface area contributed by atoms with Crippen LogP contribution in [0.2, 0.25) is 0 Å². The summed E-state index contributed by atoms with van der Waals surface area (Å²) in [6.45, 7) is 4.06. The molecule has 23 heavy (non-hydrogen) atoms. The number of nitrogens with zero attached hydrogens (tertiary/aromatic N) is 2. The topological polar surface area (TPSA) is 84.0 Å². The highest BCUT2D eigenvalue weighted by atomic mass is 32.1. The lowest BCUT2D eigenvalue weighted by molar-refractivity contribution is -0.117. The van der Waals surface area contributed by atoms with Crippen molar-refractivity contribution in [1.29, 1.82) is 0 Å². The molecule has 0 unspecified atom stereocenters. The lowest BCUT2D eigenvalue weighted by atomic mass is 10.2. The summed E-state index contributed by atoms with van der Waals surface area (Å²) in [5.41, 5.74) is 1.21. The standard InChI is InChI=1S/C16H18N4O2S/c1-9(2)15-19-20-16(23-15)18-14(22)11-5-7-12(8-6-11)17-13(21)10-3-4-10/h5-10H,3-4H2,1-2H3,(H,17,21)(H,18,20,22). The van der Waals surface area contributed by atoms with E-state index >= 15 is 0 Å². The maximum absolute atomic E-state index is 12.2. The number of aromatic nitrogens is 2. The smallest absolute Gasteiger partial charge is 0.257 e. The Kier molecular flexibility index (Phi) is 4.38. The number of carbonyl (C=O) groups is 2. The summed E-state index contributed by atoms with van der Waals surface area (Å²) in [4.78, 5) is 23.9. The van der Waals surface area contributed by atoms with Crippen LogP contribution in [0.4, 0.5) is 10.8 Å². The average Bonchev–Trinajstić information content (AvgIpc) is 3.28. The van der Waals surface area contributed by atoms with Crippen LogP contribution in [0, 0.1) is 5.92 Å². The molecule has 1 aliphatic rings. The van der Waals surface area contributed by atoms with Crippen LogP contribution < -0.4 is 10.6 Å². The van der Waals surface area contributed by atoms with E-state index in [2.05, 4.69) is 20.8 Å². The van der Waals surface area contributed by atoms with Crippen molar-refractivity contribution in [3.8, 4) is 0 Å². The van der Waals surface area contributed by atoms with Crippen LogP contribution in [0.15, 0.2) is 24.3 Å². The molecule has 2 aromatic rings. The van der Waals surface area contributed by atoms with Gasteiger partial charge in [-0.05, 0) is 37.1 Å². The van der Waals surface area contributed by atoms with E-state index < -0.39 is 0 Å². The number of carbonyl (C=O) groups excluding carboxylic acids is 2. The van der Waals surface area contributed by atoms with E-state index in [1.54, 1.807) is 24.3 Å². The second kappa shape index (κ2) is 6.45. The van der Waals surface area contributed by atoms with Gasteiger partial charge in [0.2, 0.25) is 11.0 Å². The molecule has 1 aromatic carbocycles. The Hall–Kier alpha value is -2.28. The van der Waals surface area contributed by atoms with Gasteiger partial charge in [-0.15, -0.1) is 10.2 Å². The van der Waals surface area contributed by atoms with E-state index in [0.717, 1.165) is 17.8 Å². The Morgan fingerprint density at radius 3 is 2.39 bits per heavy atom. The van der Waals surface area contributed by atoms with E-state index in [1.165, 1.54) is 11.3 Å². The van der Waals surface area contributed by atoms with Crippen molar-refractivity contribution >= 4 is 34.0 Å². The summed E-state index contributed by atoms with van der Waals surface area (Å²) >= 11 is 1.37. The van der Waals surface area contributed by atoms with E-state index in [4.69, 9.17) is 0 Å². The lowest BCUT2D eigenvalue weighted by Crippen LogP contribution is -2.14. The van der Waals surface area contributed by atoms with Crippen LogP contribution in [-0.2, 0) is 4.79 Å². The zero-order valence-corrected chi connectivity index (χ0v) is 13.8. The molecule has 1 saturated carbocycles. The molecular weight excluding hydrogens is 312 g/mol. The van der Waals surface area contributed by atoms with Crippen LogP contribution >= 0.6 is 11.3 Å². The van der Waals surface area contributed by atoms with E-state index in [1.807, 2.05) is 13.8 Å². The highest BCUT2D eigenvalue weighted by molar-refractivity contribution is 7.15. The van der Waals surface area contributed by atoms with Gasteiger partial charge in [0.15, 0.2) is 0 Å². The summed E-state index contributed by atoms with van der Waals surface area (Å²) in [6, 6.07) is 6.83. The fourth-order valence-corrected chi connectivity index (χ4v) is 2.72. The third kappa shape index (κ3) is 3.92. The number of anilines is 2. The van der Waals surface area contributed by atoms with Gasteiger partial charge in [0.05, 0.1) is 0 Å². The Balaban J connectivity index is 1.61. The lowest BCUT2D eigenvalue weighted by Gasteiger charge is -2.05. The SMILES string of the molecule is CC(C)c1nnc(NC(=O)c2ccc(NC(=O)C3CC3)cc2)s1. The molecule has 0 aliphatic heterocycles. The van der Waals surface area contributed by atoms with Crippen molar-refractivity contribution in [3.05, 3.63) is 34.8 Å². The molecule has 1 aliphatic carbocycles. The van der Waals surface area contributed by atoms with Crippen LogP contribution in [0.1, 0.15) is 48.0 Å². The van der Waals surface area contributed by atoms with Crippen molar-refractivity contribution in [1.82, 2.24) is 10.2 Å². The van der Waals surface area contributed by atoms with Crippen LogP contribution in [-0.4, -0.2) is 22.0 Å². The fourth-order valence-electron chi connectivity index (χ4n) is 1.98. The zero-order valence-electron chi connectivity index (χ0n) is 13.0. The molecule has 0 atom stereocenters. The van der Waals surface area contributed by atoms with Crippen LogP contribution in [0.3, 0.4) is 0 Å². The van der Waals surface area contributed by atoms with Crippen molar-refractivity contribution in [3.63, 3.8) is 0 Å². The molecule has 7 heteroatoms. The molecule has 1 fully saturated rings. The first-order valence-corrected chi connectivity index (χ1v) is 8.40. The molecule has 2 amide bonds. The third-order valence-corrected chi connectivity index (χ3v) is 4.66. The third-order valence-electron chi connectivity index (χ3n) is 3.52. The van der Waals surface area contributed by atoms with Crippen LogP contribution in [0.5, 0.6) is 0 Å². The molecule has 0 radical (unpaired) electrons. The Bertz CT molecular complexity index is 720. The maximum Gasteiger partial charge on any atom is 0.257 e. The monoisotopic (exact) mass is 330 g/mol. The predicted octanol–water partition coefficient (Wildman–Crippen LogP) is 3.26. The molecular formula is C16H18N4O2S. The van der Waals surface area contributed by atoms with E-state index in [0.29, 0.717) is 16.4 Å². The summed E-state index contributed by atoms with van der Waals surface area (Å²) in [5.74, 6) is 0.256. The number of hydrogen-bond donors (Lipinski definition) is 2. The minimum absolute atomic E-state index is 0.0530. The summed E-state index contributed by atoms with van der Waals surface area (Å²) in [5, 5.41) is 15.0. The maximum atomic E-state index is 12.2. The summed E-state index contributed by atoms with van der Waals surface area (Å²) < 4.78 is 0. The second-order valence-corrected chi connectivity index (χ2v) is 6.90. The van der Waals surface area contributed by atoms with Gasteiger partial charge in [0, 0.05) is 23.1 Å². The van der Waals surface area contributed by atoms with Crippen LogP contribution in [0.25, 0.3) is 0 Å². The number of hydrogen-bond acceptors (Lipinski definition) is 5. The molecule has 3 rings (SSSR count). The van der Waals surface area contributed by atoms with Gasteiger partial charge in [-0.25, -0.2) is 0 Å². The summed E-state index contributed by atoms with van der Waals surface area (Å²) in [7, 11) is 0. The molecule has 6 nitrogen and oxygen atoms in total. The number of rotatable bonds is 5. The Morgan fingerprint density at radius 2 is 1.83 bits per heavy atom. The minimum Gasteiger partial charge on any atom is -0.326 e. The quantitative estimate of drug-likeness (QED) is 0.881. The first kappa shape index (κ1) is 15.6. The second-order valence-electron chi connectivity index (χ2n) is 5.90. The van der Waals surface area contributed by atoms with Gasteiger partial charge in [-0.1, -0.05) is 25.2 Å². The molecule has 1 heterocycles. The molecule has 1 aromatic heterocycles. The van der Waals surface area contributed by atoms with E-state index in [-0.39, 0.29) is 23.7 Å². The molecule has 0 saturated heterocycles. The van der Waals surface area contributed by atoms with Crippen molar-refractivity contribution in [2.24, 2.45) is 5.92 Å². The predicted molar refractivity (Wildman–Crippen MR) is 89.7 cm³/mol. The Labute approximate surface area is 138 Å². The highest BCUT2D eigenvalue weighted by Gasteiger charge is 2.29. The largest absolute Gasteiger partial charge is 0.326 e. The Morgan fingerprint density at radius 1 is 1.13 bits per heavy atom. The van der Waals surface area contributed by atoms with Gasteiger partial charge < -0.3 is 5.32 Å². The molecule has 2 N–H and O–H groups in total. The number of nitrogens with one attached hydrogen (secondary N) is 2. The molecule has 120 valence electrons. The minimum atomic E-state index is -0.239. The number of benzene rings is 1. The first-order chi connectivity index (χ1) is 11.0. The average molecular weight is 330 g/mol. The van der Waals surface area contributed by atoms with E-state index in [9.17, 15) is 9.59 Å². The fraction of sp³-hybridized carbons (Fsp3) is 0.375. The van der Waals surface area contributed by atoms with Crippen molar-refractivity contribution in [2.75, 3.05) is 10.6 Å². The first-order valence-electron chi connectivity index (χ1n) is 7.58. The molecule has 0 spiro atoms. The normalized spacial score (nSPS) is 13.9. The summed E-state index contributed by atoms with van der Waals surface area (Å²) in [6.07, 6.45) is 1.93. The molecule has 0 bridgehead atoms. The van der Waals surface area contributed by atoms with Crippen molar-refractivity contribution < 1.29 is 9.59 Å². The van der Waals surface area contributed by atoms with Gasteiger partial charge in [-0.3, -0.25) is 14.9 Å².